The molecule has 0 bridgehead atoms. The third-order valence-electron chi connectivity index (χ3n) is 3.98. The van der Waals surface area contributed by atoms with E-state index < -0.39 is 0 Å². The quantitative estimate of drug-likeness (QED) is 0.670. The van der Waals surface area contributed by atoms with Gasteiger partial charge in [-0.25, -0.2) is 0 Å². The molecule has 0 spiro atoms. The monoisotopic (exact) mass is 255 g/mol. The van der Waals surface area contributed by atoms with Crippen molar-refractivity contribution in [1.29, 1.82) is 0 Å². The number of likely N-dealkylation sites (tertiary alicyclic amines) is 1. The van der Waals surface area contributed by atoms with Crippen LogP contribution in [-0.4, -0.2) is 62.7 Å². The minimum atomic E-state index is 0.753. The molecule has 1 saturated heterocycles. The summed E-state index contributed by atoms with van der Waals surface area (Å²) in [4.78, 5) is 4.94. The summed E-state index contributed by atoms with van der Waals surface area (Å²) in [7, 11) is 4.32. The Hall–Kier alpha value is -0.120. The summed E-state index contributed by atoms with van der Waals surface area (Å²) in [6.07, 6.45) is 5.25. The van der Waals surface area contributed by atoms with E-state index in [1.807, 2.05) is 0 Å². The zero-order valence-corrected chi connectivity index (χ0v) is 12.9. The number of hydrogen-bond acceptors (Lipinski definition) is 3. The van der Waals surface area contributed by atoms with Crippen LogP contribution in [0.3, 0.4) is 0 Å². The first-order chi connectivity index (χ1) is 8.63. The average molecular weight is 255 g/mol. The van der Waals surface area contributed by atoms with Crippen molar-refractivity contribution >= 4 is 0 Å². The van der Waals surface area contributed by atoms with Crippen molar-refractivity contribution in [2.75, 3.05) is 46.8 Å². The normalized spacial score (nSPS) is 25.8. The average Bonchev–Trinajstić information content (AvgIpc) is 2.33. The lowest BCUT2D eigenvalue weighted by Gasteiger charge is -2.37. The molecule has 1 aliphatic heterocycles. The van der Waals surface area contributed by atoms with Crippen molar-refractivity contribution in [2.24, 2.45) is 5.92 Å². The lowest BCUT2D eigenvalue weighted by Crippen LogP contribution is -2.48. The van der Waals surface area contributed by atoms with Gasteiger partial charge in [0.25, 0.3) is 0 Å². The number of nitrogens with zero attached hydrogens (tertiary/aromatic N) is 2. The molecule has 1 heterocycles. The third-order valence-corrected chi connectivity index (χ3v) is 3.98. The van der Waals surface area contributed by atoms with Crippen LogP contribution in [0, 0.1) is 5.92 Å². The Balaban J connectivity index is 2.12. The molecule has 0 amide bonds. The van der Waals surface area contributed by atoms with Crippen LogP contribution in [-0.2, 0) is 0 Å². The zero-order valence-electron chi connectivity index (χ0n) is 12.9. The van der Waals surface area contributed by atoms with Crippen LogP contribution in [0.25, 0.3) is 0 Å². The molecule has 1 aliphatic rings. The summed E-state index contributed by atoms with van der Waals surface area (Å²) in [6.45, 7) is 10.9. The van der Waals surface area contributed by atoms with Gasteiger partial charge in [-0.3, -0.25) is 0 Å². The number of hydrogen-bond donors (Lipinski definition) is 1. The maximum absolute atomic E-state index is 3.69. The Kier molecular flexibility index (Phi) is 7.87. The fourth-order valence-corrected chi connectivity index (χ4v) is 2.83. The van der Waals surface area contributed by atoms with E-state index in [1.54, 1.807) is 0 Å². The molecule has 108 valence electrons. The molecular weight excluding hydrogens is 222 g/mol. The molecule has 2 unspecified atom stereocenters. The predicted octanol–water partition coefficient (Wildman–Crippen LogP) is 2.04. The predicted molar refractivity (Wildman–Crippen MR) is 80.1 cm³/mol. The minimum absolute atomic E-state index is 0.753. The third kappa shape index (κ3) is 6.17. The lowest BCUT2D eigenvalue weighted by molar-refractivity contribution is 0.144. The van der Waals surface area contributed by atoms with E-state index in [-0.39, 0.29) is 0 Å². The maximum atomic E-state index is 3.69. The molecule has 1 fully saturated rings. The highest BCUT2D eigenvalue weighted by atomic mass is 15.1. The number of piperidine rings is 1. The maximum Gasteiger partial charge on any atom is 0.0117 e. The van der Waals surface area contributed by atoms with Crippen molar-refractivity contribution < 1.29 is 0 Å². The summed E-state index contributed by atoms with van der Waals surface area (Å²) in [5.74, 6) is 0.805. The van der Waals surface area contributed by atoms with Crippen molar-refractivity contribution in [1.82, 2.24) is 15.1 Å². The minimum Gasteiger partial charge on any atom is -0.314 e. The molecule has 0 aromatic carbocycles. The molecule has 18 heavy (non-hydrogen) atoms. The van der Waals surface area contributed by atoms with Gasteiger partial charge in [-0.2, -0.15) is 0 Å². The fourth-order valence-electron chi connectivity index (χ4n) is 2.83. The Bertz CT molecular complexity index is 206. The number of nitrogens with one attached hydrogen (secondary N) is 1. The van der Waals surface area contributed by atoms with Crippen LogP contribution in [0.1, 0.15) is 39.5 Å². The summed E-state index contributed by atoms with van der Waals surface area (Å²) < 4.78 is 0. The van der Waals surface area contributed by atoms with Gasteiger partial charge in [0, 0.05) is 12.6 Å². The molecule has 3 heteroatoms. The second-order valence-electron chi connectivity index (χ2n) is 6.14. The van der Waals surface area contributed by atoms with Crippen LogP contribution in [0.2, 0.25) is 0 Å². The Labute approximate surface area is 114 Å². The van der Waals surface area contributed by atoms with Crippen LogP contribution >= 0.6 is 0 Å². The molecule has 1 N–H and O–H groups in total. The molecule has 0 saturated carbocycles. The summed E-state index contributed by atoms with van der Waals surface area (Å²) in [5.41, 5.74) is 0. The van der Waals surface area contributed by atoms with Gasteiger partial charge in [0.05, 0.1) is 0 Å². The first-order valence-electron chi connectivity index (χ1n) is 7.74. The topological polar surface area (TPSA) is 18.5 Å². The highest BCUT2D eigenvalue weighted by Crippen LogP contribution is 2.17. The van der Waals surface area contributed by atoms with Gasteiger partial charge in [0.2, 0.25) is 0 Å². The van der Waals surface area contributed by atoms with Gasteiger partial charge in [-0.15, -0.1) is 0 Å². The smallest absolute Gasteiger partial charge is 0.0117 e. The fraction of sp³-hybridized carbons (Fsp3) is 1.00. The standard InChI is InChI=1S/C15H33N3/c1-5-9-16-15-8-12-18(13-14(15)2)11-7-6-10-17(3)4/h14-16H,5-13H2,1-4H3. The van der Waals surface area contributed by atoms with Crippen LogP contribution in [0.4, 0.5) is 0 Å². The van der Waals surface area contributed by atoms with E-state index in [0.29, 0.717) is 0 Å². The van der Waals surface area contributed by atoms with Crippen molar-refractivity contribution in [3.8, 4) is 0 Å². The highest BCUT2D eigenvalue weighted by molar-refractivity contribution is 4.82. The molecule has 0 radical (unpaired) electrons. The molecule has 3 nitrogen and oxygen atoms in total. The van der Waals surface area contributed by atoms with Crippen LogP contribution in [0.5, 0.6) is 0 Å². The summed E-state index contributed by atoms with van der Waals surface area (Å²) in [6, 6.07) is 0.753. The molecule has 0 aromatic heterocycles. The zero-order chi connectivity index (χ0) is 13.4. The van der Waals surface area contributed by atoms with Crippen LogP contribution in [0.15, 0.2) is 0 Å². The van der Waals surface area contributed by atoms with Gasteiger partial charge < -0.3 is 15.1 Å². The van der Waals surface area contributed by atoms with E-state index >= 15 is 0 Å². The van der Waals surface area contributed by atoms with Crippen molar-refractivity contribution in [2.45, 2.75) is 45.6 Å². The Morgan fingerprint density at radius 1 is 1.28 bits per heavy atom. The van der Waals surface area contributed by atoms with Gasteiger partial charge in [-0.1, -0.05) is 13.8 Å². The molecule has 0 aliphatic carbocycles. The van der Waals surface area contributed by atoms with E-state index in [1.165, 1.54) is 58.4 Å². The molecule has 1 rings (SSSR count). The van der Waals surface area contributed by atoms with Crippen LogP contribution < -0.4 is 5.32 Å². The molecule has 2 atom stereocenters. The first-order valence-corrected chi connectivity index (χ1v) is 7.74. The van der Waals surface area contributed by atoms with Gasteiger partial charge in [-0.05, 0) is 71.9 Å². The Morgan fingerprint density at radius 2 is 2.06 bits per heavy atom. The molecule has 0 aromatic rings. The largest absolute Gasteiger partial charge is 0.314 e. The van der Waals surface area contributed by atoms with Crippen molar-refractivity contribution in [3.05, 3.63) is 0 Å². The van der Waals surface area contributed by atoms with E-state index in [4.69, 9.17) is 0 Å². The number of unbranched alkanes of at least 4 members (excludes halogenated alkanes) is 1. The van der Waals surface area contributed by atoms with E-state index in [9.17, 15) is 0 Å². The van der Waals surface area contributed by atoms with Crippen molar-refractivity contribution in [3.63, 3.8) is 0 Å². The highest BCUT2D eigenvalue weighted by Gasteiger charge is 2.24. The Morgan fingerprint density at radius 3 is 2.67 bits per heavy atom. The lowest BCUT2D eigenvalue weighted by atomic mass is 9.93. The molecular formula is C15H33N3. The second kappa shape index (κ2) is 8.89. The van der Waals surface area contributed by atoms with Gasteiger partial charge >= 0.3 is 0 Å². The summed E-state index contributed by atoms with van der Waals surface area (Å²) >= 11 is 0. The second-order valence-corrected chi connectivity index (χ2v) is 6.14. The number of rotatable bonds is 8. The van der Waals surface area contributed by atoms with E-state index in [2.05, 4.69) is 43.1 Å². The van der Waals surface area contributed by atoms with Gasteiger partial charge in [0.1, 0.15) is 0 Å². The summed E-state index contributed by atoms with van der Waals surface area (Å²) in [5, 5.41) is 3.69. The first kappa shape index (κ1) is 15.9. The van der Waals surface area contributed by atoms with Gasteiger partial charge in [0.15, 0.2) is 0 Å². The van der Waals surface area contributed by atoms with E-state index in [0.717, 1.165) is 12.0 Å². The SMILES string of the molecule is CCCNC1CCN(CCCCN(C)C)CC1C.